The Kier molecular flexibility index (Phi) is 4.74. The van der Waals surface area contributed by atoms with Crippen LogP contribution in [0.25, 0.3) is 0 Å². The van der Waals surface area contributed by atoms with E-state index in [-0.39, 0.29) is 0 Å². The Morgan fingerprint density at radius 1 is 1.26 bits per heavy atom. The van der Waals surface area contributed by atoms with Gasteiger partial charge in [0.1, 0.15) is 0 Å². The quantitative estimate of drug-likeness (QED) is 0.862. The van der Waals surface area contributed by atoms with E-state index in [2.05, 4.69) is 53.7 Å². The second-order valence-corrected chi connectivity index (χ2v) is 4.96. The molecule has 0 bridgehead atoms. The molecule has 0 aliphatic heterocycles. The molecule has 1 heterocycles. The van der Waals surface area contributed by atoms with E-state index in [1.807, 2.05) is 18.7 Å². The van der Waals surface area contributed by atoms with Gasteiger partial charge in [-0.25, -0.2) is 0 Å². The Labute approximate surface area is 115 Å². The molecule has 0 amide bonds. The van der Waals surface area contributed by atoms with Crippen LogP contribution in [-0.2, 0) is 13.5 Å². The number of nitrogens with zero attached hydrogens (tertiary/aromatic N) is 2. The first kappa shape index (κ1) is 13.8. The summed E-state index contributed by atoms with van der Waals surface area (Å²) in [6.07, 6.45) is 2.14. The number of aryl methyl sites for hydroxylation is 3. The minimum absolute atomic E-state index is 0.418. The highest BCUT2D eigenvalue weighted by atomic mass is 15.3. The predicted octanol–water partition coefficient (Wildman–Crippen LogP) is 3.01. The summed E-state index contributed by atoms with van der Waals surface area (Å²) in [5.41, 5.74) is 3.76. The topological polar surface area (TPSA) is 29.9 Å². The lowest BCUT2D eigenvalue weighted by atomic mass is 10.0. The molecule has 0 saturated carbocycles. The zero-order chi connectivity index (χ0) is 13.7. The molecular weight excluding hydrogens is 234 g/mol. The highest BCUT2D eigenvalue weighted by Gasteiger charge is 2.11. The summed E-state index contributed by atoms with van der Waals surface area (Å²) < 4.78 is 1.99. The summed E-state index contributed by atoms with van der Waals surface area (Å²) in [7, 11) is 2.02. The van der Waals surface area contributed by atoms with E-state index in [1.165, 1.54) is 11.3 Å². The van der Waals surface area contributed by atoms with Crippen LogP contribution in [0.3, 0.4) is 0 Å². The molecule has 1 aromatic carbocycles. The van der Waals surface area contributed by atoms with E-state index in [9.17, 15) is 0 Å². The van der Waals surface area contributed by atoms with Gasteiger partial charge in [0.25, 0.3) is 0 Å². The Morgan fingerprint density at radius 3 is 2.58 bits per heavy atom. The van der Waals surface area contributed by atoms with Crippen molar-refractivity contribution in [1.29, 1.82) is 0 Å². The molecule has 0 saturated heterocycles. The monoisotopic (exact) mass is 257 g/mol. The second kappa shape index (κ2) is 6.53. The van der Waals surface area contributed by atoms with E-state index in [1.54, 1.807) is 0 Å². The molecule has 3 heteroatoms. The fraction of sp³-hybridized carbons (Fsp3) is 0.438. The first-order valence-corrected chi connectivity index (χ1v) is 6.98. The molecule has 3 nitrogen and oxygen atoms in total. The summed E-state index contributed by atoms with van der Waals surface area (Å²) in [4.78, 5) is 0. The van der Waals surface area contributed by atoms with Gasteiger partial charge in [-0.3, -0.25) is 4.68 Å². The van der Waals surface area contributed by atoms with Crippen LogP contribution in [0.4, 0.5) is 0 Å². The molecule has 1 N–H and O–H groups in total. The van der Waals surface area contributed by atoms with Crippen molar-refractivity contribution in [2.45, 2.75) is 32.7 Å². The van der Waals surface area contributed by atoms with Gasteiger partial charge in [-0.2, -0.15) is 5.10 Å². The molecule has 1 unspecified atom stereocenters. The van der Waals surface area contributed by atoms with Gasteiger partial charge in [-0.1, -0.05) is 37.3 Å². The number of nitrogens with one attached hydrogen (secondary N) is 1. The van der Waals surface area contributed by atoms with Crippen molar-refractivity contribution >= 4 is 0 Å². The first-order chi connectivity index (χ1) is 9.20. The summed E-state index contributed by atoms with van der Waals surface area (Å²) in [5, 5.41) is 7.97. The average Bonchev–Trinajstić information content (AvgIpc) is 2.74. The van der Waals surface area contributed by atoms with Crippen molar-refractivity contribution in [1.82, 2.24) is 15.1 Å². The van der Waals surface area contributed by atoms with Crippen LogP contribution >= 0.6 is 0 Å². The Bertz CT molecular complexity index is 502. The third-order valence-corrected chi connectivity index (χ3v) is 3.44. The van der Waals surface area contributed by atoms with Gasteiger partial charge in [0.15, 0.2) is 0 Å². The van der Waals surface area contributed by atoms with Gasteiger partial charge >= 0.3 is 0 Å². The third-order valence-electron chi connectivity index (χ3n) is 3.44. The van der Waals surface area contributed by atoms with Crippen molar-refractivity contribution in [2.75, 3.05) is 6.54 Å². The minimum Gasteiger partial charge on any atom is -0.310 e. The normalized spacial score (nSPS) is 12.6. The van der Waals surface area contributed by atoms with Crippen LogP contribution in [0.15, 0.2) is 36.4 Å². The second-order valence-electron chi connectivity index (χ2n) is 4.96. The largest absolute Gasteiger partial charge is 0.310 e. The van der Waals surface area contributed by atoms with E-state index in [0.29, 0.717) is 6.04 Å². The van der Waals surface area contributed by atoms with E-state index < -0.39 is 0 Å². The third kappa shape index (κ3) is 3.67. The summed E-state index contributed by atoms with van der Waals surface area (Å²) in [5.74, 6) is 0. The van der Waals surface area contributed by atoms with Gasteiger partial charge in [0.2, 0.25) is 0 Å². The van der Waals surface area contributed by atoms with Gasteiger partial charge in [0, 0.05) is 18.8 Å². The van der Waals surface area contributed by atoms with Crippen molar-refractivity contribution in [3.05, 3.63) is 53.3 Å². The fourth-order valence-corrected chi connectivity index (χ4v) is 2.51. The van der Waals surface area contributed by atoms with Crippen LogP contribution in [0.5, 0.6) is 0 Å². The lowest BCUT2D eigenvalue weighted by molar-refractivity contribution is 0.506. The molecule has 1 atom stereocenters. The Morgan fingerprint density at radius 2 is 2.00 bits per heavy atom. The molecule has 0 aliphatic carbocycles. The van der Waals surface area contributed by atoms with Crippen LogP contribution in [0.2, 0.25) is 0 Å². The number of hydrogen-bond donors (Lipinski definition) is 1. The van der Waals surface area contributed by atoms with E-state index >= 15 is 0 Å². The molecule has 0 aliphatic rings. The van der Waals surface area contributed by atoms with Crippen LogP contribution < -0.4 is 5.32 Å². The maximum Gasteiger partial charge on any atom is 0.0596 e. The Balaban J connectivity index is 2.03. The van der Waals surface area contributed by atoms with Gasteiger partial charge in [-0.15, -0.1) is 0 Å². The molecule has 1 aromatic heterocycles. The maximum absolute atomic E-state index is 4.40. The first-order valence-electron chi connectivity index (χ1n) is 6.98. The molecule has 0 spiro atoms. The van der Waals surface area contributed by atoms with E-state index in [0.717, 1.165) is 25.1 Å². The SMILES string of the molecule is CCNC(CCc1cc(C)nn1C)c1ccccc1. The van der Waals surface area contributed by atoms with Crippen LogP contribution in [0.1, 0.15) is 36.3 Å². The Hall–Kier alpha value is -1.61. The fourth-order valence-electron chi connectivity index (χ4n) is 2.51. The van der Waals surface area contributed by atoms with Gasteiger partial charge in [0.05, 0.1) is 5.69 Å². The zero-order valence-electron chi connectivity index (χ0n) is 12.1. The summed E-state index contributed by atoms with van der Waals surface area (Å²) in [6, 6.07) is 13.3. The smallest absolute Gasteiger partial charge is 0.0596 e. The van der Waals surface area contributed by atoms with Gasteiger partial charge in [-0.05, 0) is 37.9 Å². The molecule has 19 heavy (non-hydrogen) atoms. The van der Waals surface area contributed by atoms with Gasteiger partial charge < -0.3 is 5.32 Å². The highest BCUT2D eigenvalue weighted by Crippen LogP contribution is 2.19. The lowest BCUT2D eigenvalue weighted by Gasteiger charge is -2.18. The van der Waals surface area contributed by atoms with E-state index in [4.69, 9.17) is 0 Å². The standard InChI is InChI=1S/C16H23N3/c1-4-17-16(14-8-6-5-7-9-14)11-10-15-12-13(2)18-19(15)3/h5-9,12,16-17H,4,10-11H2,1-3H3. The predicted molar refractivity (Wildman–Crippen MR) is 79.1 cm³/mol. The molecule has 102 valence electrons. The number of benzene rings is 1. The van der Waals surface area contributed by atoms with Crippen LogP contribution in [-0.4, -0.2) is 16.3 Å². The van der Waals surface area contributed by atoms with Crippen molar-refractivity contribution in [2.24, 2.45) is 7.05 Å². The summed E-state index contributed by atoms with van der Waals surface area (Å²) in [6.45, 7) is 5.19. The number of rotatable bonds is 6. The molecule has 0 fully saturated rings. The van der Waals surface area contributed by atoms with Crippen molar-refractivity contribution in [3.8, 4) is 0 Å². The maximum atomic E-state index is 4.40. The van der Waals surface area contributed by atoms with Crippen LogP contribution in [0, 0.1) is 6.92 Å². The average molecular weight is 257 g/mol. The molecule has 2 aromatic rings. The molecule has 2 rings (SSSR count). The zero-order valence-corrected chi connectivity index (χ0v) is 12.1. The van der Waals surface area contributed by atoms with Crippen molar-refractivity contribution in [3.63, 3.8) is 0 Å². The summed E-state index contributed by atoms with van der Waals surface area (Å²) >= 11 is 0. The molecule has 0 radical (unpaired) electrons. The number of hydrogen-bond acceptors (Lipinski definition) is 2. The minimum atomic E-state index is 0.418. The number of aromatic nitrogens is 2. The highest BCUT2D eigenvalue weighted by molar-refractivity contribution is 5.19. The lowest BCUT2D eigenvalue weighted by Crippen LogP contribution is -2.21. The molecular formula is C16H23N3. The van der Waals surface area contributed by atoms with Crippen molar-refractivity contribution < 1.29 is 0 Å².